The second-order valence-corrected chi connectivity index (χ2v) is 4.39. The lowest BCUT2D eigenvalue weighted by Crippen LogP contribution is -1.94. The zero-order chi connectivity index (χ0) is 10.7. The van der Waals surface area contributed by atoms with Crippen LogP contribution in [0.5, 0.6) is 0 Å². The molecule has 0 aliphatic rings. The molecule has 0 saturated carbocycles. The Morgan fingerprint density at radius 3 is 3.06 bits per heavy atom. The summed E-state index contributed by atoms with van der Waals surface area (Å²) in [5.41, 5.74) is 2.11. The molecule has 0 fully saturated rings. The first kappa shape index (κ1) is 12.7. The topological polar surface area (TPSA) is 97.5 Å². The van der Waals surface area contributed by atoms with Gasteiger partial charge in [0.1, 0.15) is 5.52 Å². The van der Waals surface area contributed by atoms with Crippen LogP contribution in [0.1, 0.15) is 24.1 Å². The number of hydrogen-bond acceptors (Lipinski definition) is 3. The van der Waals surface area contributed by atoms with Gasteiger partial charge in [0, 0.05) is 16.7 Å². The highest BCUT2D eigenvalue weighted by molar-refractivity contribution is 7.11. The molecule has 0 aromatic carbocycles. The van der Waals surface area contributed by atoms with E-state index in [4.69, 9.17) is 5.11 Å². The van der Waals surface area contributed by atoms with Crippen molar-refractivity contribution in [3.05, 3.63) is 16.6 Å². The van der Waals surface area contributed by atoms with Gasteiger partial charge in [-0.05, 0) is 19.3 Å². The number of hydrogen-bond donors (Lipinski definition) is 2. The zero-order valence-electron chi connectivity index (χ0n) is 8.69. The van der Waals surface area contributed by atoms with Crippen molar-refractivity contribution in [3.8, 4) is 0 Å². The van der Waals surface area contributed by atoms with Crippen LogP contribution in [0.3, 0.4) is 0 Å². The standard InChI is InChI=1S/C10H12N2O2S.H2O/c13-9(14)4-2-1-3-8-10-7(5-15-8)11-6-12-10;/h5-6H,1-4H2,(H,11,12)(H,13,14);1H2. The van der Waals surface area contributed by atoms with Crippen LogP contribution in [0.25, 0.3) is 11.0 Å². The Kier molecular flexibility index (Phi) is 4.45. The Hall–Kier alpha value is -1.40. The van der Waals surface area contributed by atoms with Crippen molar-refractivity contribution in [2.45, 2.75) is 25.7 Å². The normalized spacial score (nSPS) is 10.2. The molecule has 0 amide bonds. The number of H-pyrrole nitrogens is 1. The molecule has 2 aromatic rings. The number of unbranched alkanes of at least 4 members (excludes halogenated alkanes) is 1. The third-order valence-electron chi connectivity index (χ3n) is 2.30. The molecule has 88 valence electrons. The van der Waals surface area contributed by atoms with Crippen LogP contribution in [0.15, 0.2) is 11.7 Å². The predicted molar refractivity (Wildman–Crippen MR) is 62.8 cm³/mol. The highest BCUT2D eigenvalue weighted by Crippen LogP contribution is 2.24. The minimum absolute atomic E-state index is 0. The molecule has 0 aliphatic heterocycles. The van der Waals surface area contributed by atoms with E-state index >= 15 is 0 Å². The van der Waals surface area contributed by atoms with Crippen molar-refractivity contribution in [2.75, 3.05) is 0 Å². The largest absolute Gasteiger partial charge is 0.481 e. The van der Waals surface area contributed by atoms with Crippen LogP contribution < -0.4 is 0 Å². The summed E-state index contributed by atoms with van der Waals surface area (Å²) in [6, 6.07) is 0. The maximum Gasteiger partial charge on any atom is 0.303 e. The smallest absolute Gasteiger partial charge is 0.303 e. The number of imidazole rings is 1. The molecule has 0 radical (unpaired) electrons. The molecule has 0 saturated heterocycles. The Balaban J connectivity index is 0.00000128. The number of nitrogens with one attached hydrogen (secondary N) is 1. The van der Waals surface area contributed by atoms with E-state index < -0.39 is 5.97 Å². The molecule has 6 heteroatoms. The third-order valence-corrected chi connectivity index (χ3v) is 3.33. The van der Waals surface area contributed by atoms with Gasteiger partial charge in [0.25, 0.3) is 0 Å². The van der Waals surface area contributed by atoms with Crippen molar-refractivity contribution in [2.24, 2.45) is 0 Å². The fourth-order valence-corrected chi connectivity index (χ4v) is 2.52. The number of rotatable bonds is 5. The zero-order valence-corrected chi connectivity index (χ0v) is 9.51. The number of thiophene rings is 1. The maximum absolute atomic E-state index is 10.3. The molecule has 2 rings (SSSR count). The van der Waals surface area contributed by atoms with Gasteiger partial charge in [-0.15, -0.1) is 11.3 Å². The van der Waals surface area contributed by atoms with Gasteiger partial charge in [-0.25, -0.2) is 4.98 Å². The van der Waals surface area contributed by atoms with E-state index in [1.54, 1.807) is 17.7 Å². The lowest BCUT2D eigenvalue weighted by Gasteiger charge is -1.96. The summed E-state index contributed by atoms with van der Waals surface area (Å²) in [6.07, 6.45) is 4.52. The average molecular weight is 242 g/mol. The number of aromatic amines is 1. The number of carboxylic acid groups (broad SMARTS) is 1. The Labute approximate surface area is 96.4 Å². The highest BCUT2D eigenvalue weighted by atomic mass is 32.1. The van der Waals surface area contributed by atoms with Gasteiger partial charge in [0.15, 0.2) is 0 Å². The predicted octanol–water partition coefficient (Wildman–Crippen LogP) is 1.60. The van der Waals surface area contributed by atoms with Crippen molar-refractivity contribution in [3.63, 3.8) is 0 Å². The Morgan fingerprint density at radius 2 is 2.31 bits per heavy atom. The summed E-state index contributed by atoms with van der Waals surface area (Å²) in [7, 11) is 0. The maximum atomic E-state index is 10.3. The minimum atomic E-state index is -0.717. The number of aliphatic carboxylic acids is 1. The second-order valence-electron chi connectivity index (χ2n) is 3.42. The average Bonchev–Trinajstić information content (AvgIpc) is 2.74. The molecule has 0 spiro atoms. The van der Waals surface area contributed by atoms with Crippen LogP contribution in [0, 0.1) is 0 Å². The third kappa shape index (κ3) is 2.80. The molecule has 0 unspecified atom stereocenters. The monoisotopic (exact) mass is 242 g/mol. The van der Waals surface area contributed by atoms with Crippen LogP contribution >= 0.6 is 11.3 Å². The minimum Gasteiger partial charge on any atom is -0.481 e. The summed E-state index contributed by atoms with van der Waals surface area (Å²) in [5.74, 6) is -0.717. The van der Waals surface area contributed by atoms with Crippen molar-refractivity contribution < 1.29 is 15.4 Å². The Morgan fingerprint density at radius 1 is 1.50 bits per heavy atom. The van der Waals surface area contributed by atoms with Gasteiger partial charge in [0.2, 0.25) is 0 Å². The molecule has 2 heterocycles. The van der Waals surface area contributed by atoms with E-state index in [-0.39, 0.29) is 11.9 Å². The molecular formula is C10H14N2O3S. The summed E-state index contributed by atoms with van der Waals surface area (Å²) < 4.78 is 0. The molecule has 2 aromatic heterocycles. The summed E-state index contributed by atoms with van der Waals surface area (Å²) in [4.78, 5) is 18.8. The highest BCUT2D eigenvalue weighted by Gasteiger charge is 2.06. The lowest BCUT2D eigenvalue weighted by molar-refractivity contribution is -0.137. The lowest BCUT2D eigenvalue weighted by atomic mass is 10.1. The van der Waals surface area contributed by atoms with E-state index in [2.05, 4.69) is 15.3 Å². The van der Waals surface area contributed by atoms with Gasteiger partial charge in [-0.2, -0.15) is 0 Å². The molecular weight excluding hydrogens is 228 g/mol. The van der Waals surface area contributed by atoms with Crippen molar-refractivity contribution >= 4 is 28.3 Å². The van der Waals surface area contributed by atoms with E-state index in [9.17, 15) is 4.79 Å². The van der Waals surface area contributed by atoms with E-state index in [0.29, 0.717) is 0 Å². The summed E-state index contributed by atoms with van der Waals surface area (Å²) in [5, 5.41) is 10.5. The van der Waals surface area contributed by atoms with Crippen LogP contribution in [0.4, 0.5) is 0 Å². The van der Waals surface area contributed by atoms with E-state index in [1.165, 1.54) is 4.88 Å². The number of carbonyl (C=O) groups is 1. The summed E-state index contributed by atoms with van der Waals surface area (Å²) in [6.45, 7) is 0. The quantitative estimate of drug-likeness (QED) is 0.779. The molecule has 4 N–H and O–H groups in total. The van der Waals surface area contributed by atoms with Gasteiger partial charge in [-0.3, -0.25) is 4.79 Å². The molecule has 0 aliphatic carbocycles. The molecule has 0 atom stereocenters. The fourth-order valence-electron chi connectivity index (χ4n) is 1.54. The van der Waals surface area contributed by atoms with Crippen molar-refractivity contribution in [1.82, 2.24) is 9.97 Å². The van der Waals surface area contributed by atoms with E-state index in [0.717, 1.165) is 30.3 Å². The first-order valence-electron chi connectivity index (χ1n) is 4.88. The number of nitrogens with zero attached hydrogens (tertiary/aromatic N) is 1. The number of aryl methyl sites for hydroxylation is 1. The van der Waals surface area contributed by atoms with Crippen LogP contribution in [0.2, 0.25) is 0 Å². The Bertz CT molecular complexity index is 463. The molecule has 0 bridgehead atoms. The van der Waals surface area contributed by atoms with Gasteiger partial charge in [-0.1, -0.05) is 0 Å². The van der Waals surface area contributed by atoms with Crippen molar-refractivity contribution in [1.29, 1.82) is 0 Å². The number of carboxylic acids is 1. The van der Waals surface area contributed by atoms with Gasteiger partial charge >= 0.3 is 5.97 Å². The van der Waals surface area contributed by atoms with Crippen LogP contribution in [-0.4, -0.2) is 26.5 Å². The number of aromatic nitrogens is 2. The SMILES string of the molecule is O.O=C(O)CCCCc1scc2[nH]cnc12. The second kappa shape index (κ2) is 5.62. The first-order valence-corrected chi connectivity index (χ1v) is 5.76. The van der Waals surface area contributed by atoms with Gasteiger partial charge in [0.05, 0.1) is 11.8 Å². The summed E-state index contributed by atoms with van der Waals surface area (Å²) >= 11 is 1.69. The van der Waals surface area contributed by atoms with E-state index in [1.807, 2.05) is 0 Å². The molecule has 5 nitrogen and oxygen atoms in total. The first-order chi connectivity index (χ1) is 7.27. The number of fused-ring (bicyclic) bond motifs is 1. The molecule has 16 heavy (non-hydrogen) atoms. The fraction of sp³-hybridized carbons (Fsp3) is 0.400. The van der Waals surface area contributed by atoms with Crippen LogP contribution in [-0.2, 0) is 11.2 Å². The van der Waals surface area contributed by atoms with Gasteiger partial charge < -0.3 is 15.6 Å².